The van der Waals surface area contributed by atoms with Crippen LogP contribution in [-0.4, -0.2) is 33.3 Å². The molecule has 0 atom stereocenters. The van der Waals surface area contributed by atoms with Crippen LogP contribution in [0.3, 0.4) is 0 Å². The Balaban J connectivity index is 2.03. The van der Waals surface area contributed by atoms with Crippen molar-refractivity contribution in [1.29, 1.82) is 0 Å². The van der Waals surface area contributed by atoms with Gasteiger partial charge in [0, 0.05) is 18.0 Å². The Morgan fingerprint density at radius 3 is 2.28 bits per heavy atom. The Kier molecular flexibility index (Phi) is 6.62. The van der Waals surface area contributed by atoms with E-state index in [0.717, 1.165) is 24.4 Å². The Morgan fingerprint density at radius 1 is 1.00 bits per heavy atom. The number of alkyl halides is 3. The van der Waals surface area contributed by atoms with Gasteiger partial charge in [-0.2, -0.15) is 13.2 Å². The number of carboxylic acid groups (broad SMARTS) is 1. The van der Waals surface area contributed by atoms with Gasteiger partial charge in [0.25, 0.3) is 0 Å². The summed E-state index contributed by atoms with van der Waals surface area (Å²) in [6, 6.07) is 10.9. The molecule has 0 amide bonds. The molecule has 0 aliphatic carbocycles. The van der Waals surface area contributed by atoms with E-state index in [2.05, 4.69) is 9.97 Å². The third-order valence-electron chi connectivity index (χ3n) is 4.38. The van der Waals surface area contributed by atoms with Crippen LogP contribution in [-0.2, 0) is 17.6 Å². The third kappa shape index (κ3) is 4.97. The highest BCUT2D eigenvalue weighted by molar-refractivity contribution is 6.22. The third-order valence-corrected chi connectivity index (χ3v) is 4.38. The maximum Gasteiger partial charge on any atom is 0.417 e. The van der Waals surface area contributed by atoms with Crippen LogP contribution in [0.5, 0.6) is 11.6 Å². The van der Waals surface area contributed by atoms with Crippen molar-refractivity contribution in [3.63, 3.8) is 0 Å². The number of carboxylic acids is 1. The predicted molar refractivity (Wildman–Crippen MR) is 108 cm³/mol. The number of aliphatic carboxylic acids is 1. The molecule has 3 rings (SSSR count). The van der Waals surface area contributed by atoms with E-state index in [1.54, 1.807) is 24.3 Å². The van der Waals surface area contributed by atoms with E-state index in [0.29, 0.717) is 11.3 Å². The summed E-state index contributed by atoms with van der Waals surface area (Å²) < 4.78 is 50.9. The fourth-order valence-corrected chi connectivity index (χ4v) is 2.88. The van der Waals surface area contributed by atoms with Crippen LogP contribution in [0, 0.1) is 0 Å². The lowest BCUT2D eigenvalue weighted by Gasteiger charge is -2.15. The van der Waals surface area contributed by atoms with Gasteiger partial charge in [0.05, 0.1) is 12.7 Å². The molecule has 0 bridgehead atoms. The second-order valence-corrected chi connectivity index (χ2v) is 6.42. The van der Waals surface area contributed by atoms with Gasteiger partial charge in [0.2, 0.25) is 5.88 Å². The number of hydrogen-bond donors (Lipinski definition) is 2. The molecule has 10 heteroatoms. The zero-order valence-electron chi connectivity index (χ0n) is 16.6. The minimum atomic E-state index is -4.84. The normalized spacial score (nSPS) is 12.1. The van der Waals surface area contributed by atoms with Crippen LogP contribution in [0.25, 0.3) is 11.3 Å². The molecule has 0 spiro atoms. The van der Waals surface area contributed by atoms with Gasteiger partial charge in [0.1, 0.15) is 17.9 Å². The lowest BCUT2D eigenvalue weighted by Crippen LogP contribution is -2.13. The molecule has 0 fully saturated rings. The van der Waals surface area contributed by atoms with Crippen LogP contribution in [0.4, 0.5) is 13.2 Å². The molecule has 2 N–H and O–H groups in total. The van der Waals surface area contributed by atoms with Crippen molar-refractivity contribution in [3.8, 4) is 11.6 Å². The van der Waals surface area contributed by atoms with Crippen molar-refractivity contribution in [2.75, 3.05) is 7.11 Å². The standard InChI is InChI=1S/C22H17F3N2O5/c1-31-14-8-6-13(7-9-14)12-32-20-18(26-10-11-27-20)19(28)17(21(29)30)15-4-2-3-5-16(15)22(23,24)25/h2-11,28H,12H2,1H3,(H,29,30). The first-order valence-electron chi connectivity index (χ1n) is 9.12. The van der Waals surface area contributed by atoms with Gasteiger partial charge in [-0.3, -0.25) is 0 Å². The second-order valence-electron chi connectivity index (χ2n) is 6.42. The lowest BCUT2D eigenvalue weighted by molar-refractivity contribution is -0.137. The summed E-state index contributed by atoms with van der Waals surface area (Å²) in [5.41, 5.74) is -2.61. The number of rotatable bonds is 7. The number of aliphatic hydroxyl groups is 1. The van der Waals surface area contributed by atoms with E-state index in [9.17, 15) is 28.2 Å². The van der Waals surface area contributed by atoms with Crippen molar-refractivity contribution in [2.24, 2.45) is 0 Å². The smallest absolute Gasteiger partial charge is 0.417 e. The van der Waals surface area contributed by atoms with Crippen LogP contribution < -0.4 is 9.47 Å². The van der Waals surface area contributed by atoms with Gasteiger partial charge in [0.15, 0.2) is 11.5 Å². The van der Waals surface area contributed by atoms with E-state index in [1.165, 1.54) is 19.4 Å². The minimum Gasteiger partial charge on any atom is -0.505 e. The highest BCUT2D eigenvalue weighted by Gasteiger charge is 2.36. The monoisotopic (exact) mass is 446 g/mol. The summed E-state index contributed by atoms with van der Waals surface area (Å²) in [6.07, 6.45) is -2.45. The number of nitrogens with zero attached hydrogens (tertiary/aromatic N) is 2. The van der Waals surface area contributed by atoms with Crippen LogP contribution in [0.15, 0.2) is 60.9 Å². The molecule has 0 aliphatic heterocycles. The van der Waals surface area contributed by atoms with Gasteiger partial charge in [-0.1, -0.05) is 30.3 Å². The van der Waals surface area contributed by atoms with Crippen LogP contribution in [0.2, 0.25) is 0 Å². The molecule has 1 aromatic heterocycles. The summed E-state index contributed by atoms with van der Waals surface area (Å²) in [5, 5.41) is 20.3. The Morgan fingerprint density at radius 2 is 1.66 bits per heavy atom. The quantitative estimate of drug-likeness (QED) is 0.404. The van der Waals surface area contributed by atoms with Gasteiger partial charge >= 0.3 is 12.1 Å². The number of aromatic nitrogens is 2. The Bertz CT molecular complexity index is 1140. The summed E-state index contributed by atoms with van der Waals surface area (Å²) in [4.78, 5) is 19.7. The molecule has 166 valence electrons. The fourth-order valence-electron chi connectivity index (χ4n) is 2.88. The maximum absolute atomic E-state index is 13.4. The summed E-state index contributed by atoms with van der Waals surface area (Å²) in [5.74, 6) is -2.40. The van der Waals surface area contributed by atoms with Gasteiger partial charge in [-0.05, 0) is 23.8 Å². The highest BCUT2D eigenvalue weighted by Crippen LogP contribution is 2.37. The molecular weight excluding hydrogens is 429 g/mol. The van der Waals surface area contributed by atoms with Crippen LogP contribution in [0.1, 0.15) is 22.4 Å². The zero-order chi connectivity index (χ0) is 23.3. The van der Waals surface area contributed by atoms with E-state index in [-0.39, 0.29) is 12.5 Å². The van der Waals surface area contributed by atoms with E-state index >= 15 is 0 Å². The van der Waals surface area contributed by atoms with Gasteiger partial charge in [-0.25, -0.2) is 14.8 Å². The molecule has 32 heavy (non-hydrogen) atoms. The Labute approximate surface area is 180 Å². The number of ether oxygens (including phenoxy) is 2. The first-order valence-corrected chi connectivity index (χ1v) is 9.12. The topological polar surface area (TPSA) is 102 Å². The molecule has 0 unspecified atom stereocenters. The van der Waals surface area contributed by atoms with Crippen molar-refractivity contribution < 1.29 is 37.7 Å². The van der Waals surface area contributed by atoms with Crippen molar-refractivity contribution >= 4 is 17.3 Å². The van der Waals surface area contributed by atoms with Gasteiger partial charge in [-0.15, -0.1) is 0 Å². The number of halogens is 3. The first kappa shape index (κ1) is 22.6. The van der Waals surface area contributed by atoms with Crippen molar-refractivity contribution in [1.82, 2.24) is 9.97 Å². The van der Waals surface area contributed by atoms with Gasteiger partial charge < -0.3 is 19.7 Å². The Hall–Kier alpha value is -4.08. The summed E-state index contributed by atoms with van der Waals surface area (Å²) in [6.45, 7) is -0.0233. The van der Waals surface area contributed by atoms with E-state index < -0.39 is 40.3 Å². The molecule has 0 aliphatic rings. The lowest BCUT2D eigenvalue weighted by atomic mass is 9.97. The summed E-state index contributed by atoms with van der Waals surface area (Å²) in [7, 11) is 1.52. The van der Waals surface area contributed by atoms with Crippen molar-refractivity contribution in [3.05, 3.63) is 83.3 Å². The average Bonchev–Trinajstić information content (AvgIpc) is 2.77. The number of carbonyl (C=O) groups is 1. The number of hydrogen-bond acceptors (Lipinski definition) is 6. The van der Waals surface area contributed by atoms with Crippen LogP contribution >= 0.6 is 0 Å². The van der Waals surface area contributed by atoms with E-state index in [1.807, 2.05) is 0 Å². The number of aliphatic hydroxyl groups excluding tert-OH is 1. The SMILES string of the molecule is COc1ccc(COc2nccnc2C(O)=C(C(=O)O)c2ccccc2C(F)(F)F)cc1. The molecule has 3 aromatic rings. The molecule has 7 nitrogen and oxygen atoms in total. The second kappa shape index (κ2) is 9.38. The molecule has 0 saturated heterocycles. The zero-order valence-corrected chi connectivity index (χ0v) is 16.6. The number of benzene rings is 2. The minimum absolute atomic E-state index is 0.0233. The average molecular weight is 446 g/mol. The molecular formula is C22H17F3N2O5. The molecule has 1 heterocycles. The van der Waals surface area contributed by atoms with E-state index in [4.69, 9.17) is 9.47 Å². The fraction of sp³-hybridized carbons (Fsp3) is 0.136. The molecule has 0 saturated carbocycles. The molecule has 0 radical (unpaired) electrons. The summed E-state index contributed by atoms with van der Waals surface area (Å²) >= 11 is 0. The highest BCUT2D eigenvalue weighted by atomic mass is 19.4. The molecule has 2 aromatic carbocycles. The maximum atomic E-state index is 13.4. The predicted octanol–water partition coefficient (Wildman–Crippen LogP) is 4.59. The van der Waals surface area contributed by atoms with Crippen molar-refractivity contribution in [2.45, 2.75) is 12.8 Å². The largest absolute Gasteiger partial charge is 0.505 e. The first-order chi connectivity index (χ1) is 15.2. The number of methoxy groups -OCH3 is 1.